The standard InChI is InChI=1S/C27H31N3O4/c1-18(15-25(32)33)14-24(31)26-22-16-21(28-3)17-29-27(22)30(4)23(26)12-8-9-13-34-19(2)20-10-6-5-7-11-20/h5-7,10-11,16-19H,8-9,12-15H2,1-2,4H3,(H,32,33)/t18-,19-/m0/s1. The molecule has 7 heteroatoms. The largest absolute Gasteiger partial charge is 0.481 e. The van der Waals surface area contributed by atoms with Gasteiger partial charge in [0.2, 0.25) is 5.69 Å². The number of ketones is 1. The molecule has 0 aliphatic carbocycles. The van der Waals surface area contributed by atoms with Gasteiger partial charge >= 0.3 is 5.97 Å². The minimum Gasteiger partial charge on any atom is -0.481 e. The van der Waals surface area contributed by atoms with Gasteiger partial charge < -0.3 is 14.4 Å². The third-order valence-corrected chi connectivity index (χ3v) is 6.04. The summed E-state index contributed by atoms with van der Waals surface area (Å²) in [7, 11) is 1.88. The van der Waals surface area contributed by atoms with E-state index < -0.39 is 5.97 Å². The van der Waals surface area contributed by atoms with Crippen LogP contribution in [0.15, 0.2) is 42.6 Å². The maximum Gasteiger partial charge on any atom is 0.303 e. The molecule has 0 radical (unpaired) electrons. The van der Waals surface area contributed by atoms with E-state index in [0.717, 1.165) is 24.1 Å². The minimum atomic E-state index is -0.917. The molecule has 3 rings (SSSR count). The van der Waals surface area contributed by atoms with Gasteiger partial charge in [-0.15, -0.1) is 0 Å². The number of rotatable bonds is 12. The number of fused-ring (bicyclic) bond motifs is 1. The second-order valence-electron chi connectivity index (χ2n) is 8.77. The van der Waals surface area contributed by atoms with Crippen molar-refractivity contribution < 1.29 is 19.4 Å². The van der Waals surface area contributed by atoms with E-state index in [1.165, 1.54) is 6.20 Å². The van der Waals surface area contributed by atoms with Crippen molar-refractivity contribution in [3.63, 3.8) is 0 Å². The van der Waals surface area contributed by atoms with Gasteiger partial charge in [0.05, 0.1) is 12.7 Å². The molecule has 0 saturated heterocycles. The Kier molecular flexibility index (Phi) is 8.55. The Balaban J connectivity index is 1.74. The highest BCUT2D eigenvalue weighted by Gasteiger charge is 2.24. The van der Waals surface area contributed by atoms with Crippen molar-refractivity contribution in [2.24, 2.45) is 13.0 Å². The molecule has 0 aliphatic heterocycles. The van der Waals surface area contributed by atoms with E-state index in [-0.39, 0.29) is 30.6 Å². The summed E-state index contributed by atoms with van der Waals surface area (Å²) in [4.78, 5) is 32.2. The van der Waals surface area contributed by atoms with E-state index in [2.05, 4.69) is 9.83 Å². The molecule has 0 spiro atoms. The SMILES string of the molecule is [C-]#[N+]c1cnc2c(c1)c(C(=O)C[C@H](C)CC(=O)O)c(CCCCO[C@@H](C)c1ccccc1)n2C. The van der Waals surface area contributed by atoms with Crippen LogP contribution in [0.25, 0.3) is 15.9 Å². The number of carboxylic acid groups (broad SMARTS) is 1. The quantitative estimate of drug-likeness (QED) is 0.206. The monoisotopic (exact) mass is 461 g/mol. The molecular weight excluding hydrogens is 430 g/mol. The van der Waals surface area contributed by atoms with Gasteiger partial charge in [0.15, 0.2) is 5.78 Å². The molecule has 178 valence electrons. The molecule has 34 heavy (non-hydrogen) atoms. The summed E-state index contributed by atoms with van der Waals surface area (Å²) >= 11 is 0. The molecule has 2 heterocycles. The summed E-state index contributed by atoms with van der Waals surface area (Å²) < 4.78 is 7.90. The van der Waals surface area contributed by atoms with Crippen molar-refractivity contribution in [3.05, 3.63) is 70.8 Å². The number of hydrogen-bond acceptors (Lipinski definition) is 4. The minimum absolute atomic E-state index is 0.0166. The van der Waals surface area contributed by atoms with E-state index in [1.54, 1.807) is 13.0 Å². The summed E-state index contributed by atoms with van der Waals surface area (Å²) in [5.74, 6) is -1.30. The molecule has 0 unspecified atom stereocenters. The van der Waals surface area contributed by atoms with Crippen LogP contribution in [0.1, 0.15) is 67.3 Å². The number of carbonyl (C=O) groups excluding carboxylic acids is 1. The van der Waals surface area contributed by atoms with E-state index in [1.807, 2.05) is 48.9 Å². The summed E-state index contributed by atoms with van der Waals surface area (Å²) in [6, 6.07) is 11.8. The molecule has 0 amide bonds. The summed E-state index contributed by atoms with van der Waals surface area (Å²) in [5, 5.41) is 9.73. The van der Waals surface area contributed by atoms with Crippen molar-refractivity contribution in [1.29, 1.82) is 0 Å². The highest BCUT2D eigenvalue weighted by molar-refractivity contribution is 6.09. The first kappa shape index (κ1) is 25.1. The molecule has 1 N–H and O–H groups in total. The van der Waals surface area contributed by atoms with Gasteiger partial charge in [-0.2, -0.15) is 0 Å². The Morgan fingerprint density at radius 1 is 1.18 bits per heavy atom. The van der Waals surface area contributed by atoms with Crippen LogP contribution >= 0.6 is 0 Å². The van der Waals surface area contributed by atoms with Gasteiger partial charge in [-0.25, -0.2) is 9.83 Å². The number of hydrogen-bond donors (Lipinski definition) is 1. The van der Waals surface area contributed by atoms with E-state index >= 15 is 0 Å². The molecule has 7 nitrogen and oxygen atoms in total. The molecule has 0 fully saturated rings. The summed E-state index contributed by atoms with van der Waals surface area (Å²) in [6.45, 7) is 11.7. The number of benzene rings is 1. The van der Waals surface area contributed by atoms with E-state index in [9.17, 15) is 9.59 Å². The number of pyridine rings is 1. The lowest BCUT2D eigenvalue weighted by molar-refractivity contribution is -0.137. The number of aryl methyl sites for hydroxylation is 1. The van der Waals surface area contributed by atoms with E-state index in [4.69, 9.17) is 16.4 Å². The normalized spacial score (nSPS) is 12.9. The zero-order valence-electron chi connectivity index (χ0n) is 20.0. The number of carboxylic acids is 1. The topological polar surface area (TPSA) is 85.8 Å². The van der Waals surface area contributed by atoms with Crippen LogP contribution in [-0.4, -0.2) is 33.0 Å². The van der Waals surface area contributed by atoms with Gasteiger partial charge in [0.25, 0.3) is 0 Å². The molecule has 0 aliphatic rings. The molecule has 2 aromatic heterocycles. The van der Waals surface area contributed by atoms with Crippen LogP contribution in [0, 0.1) is 12.5 Å². The average Bonchev–Trinajstić information content (AvgIpc) is 3.09. The average molecular weight is 462 g/mol. The number of nitrogens with zero attached hydrogens (tertiary/aromatic N) is 3. The number of aliphatic carboxylic acids is 1. The zero-order valence-corrected chi connectivity index (χ0v) is 20.0. The molecule has 3 aromatic rings. The number of Topliss-reactive ketones (excluding diaryl/α,β-unsaturated/α-hetero) is 1. The Bertz CT molecular complexity index is 1190. The van der Waals surface area contributed by atoms with Gasteiger partial charge in [-0.05, 0) is 43.7 Å². The molecule has 1 aromatic carbocycles. The Labute approximate surface area is 200 Å². The number of carbonyl (C=O) groups is 2. The number of aromatic nitrogens is 2. The number of unbranched alkanes of at least 4 members (excludes halogenated alkanes) is 1. The van der Waals surface area contributed by atoms with Crippen LogP contribution in [0.4, 0.5) is 5.69 Å². The van der Waals surface area contributed by atoms with Gasteiger partial charge in [0.1, 0.15) is 5.65 Å². The first-order valence-corrected chi connectivity index (χ1v) is 11.6. The maximum atomic E-state index is 13.3. The van der Waals surface area contributed by atoms with Crippen molar-refractivity contribution in [3.8, 4) is 0 Å². The van der Waals surface area contributed by atoms with Crippen molar-refractivity contribution >= 4 is 28.5 Å². The van der Waals surface area contributed by atoms with Crippen molar-refractivity contribution in [2.75, 3.05) is 6.61 Å². The van der Waals surface area contributed by atoms with Crippen LogP contribution < -0.4 is 0 Å². The predicted octanol–water partition coefficient (Wildman–Crippen LogP) is 5.91. The van der Waals surface area contributed by atoms with E-state index in [0.29, 0.717) is 35.3 Å². The second-order valence-corrected chi connectivity index (χ2v) is 8.77. The second kappa shape index (κ2) is 11.6. The third-order valence-electron chi connectivity index (χ3n) is 6.04. The van der Waals surface area contributed by atoms with Crippen LogP contribution in [0.5, 0.6) is 0 Å². The van der Waals surface area contributed by atoms with Crippen molar-refractivity contribution in [1.82, 2.24) is 9.55 Å². The predicted molar refractivity (Wildman–Crippen MR) is 131 cm³/mol. The zero-order chi connectivity index (χ0) is 24.7. The maximum absolute atomic E-state index is 13.3. The fraction of sp³-hybridized carbons (Fsp3) is 0.407. The van der Waals surface area contributed by atoms with Gasteiger partial charge in [0, 0.05) is 49.3 Å². The molecule has 2 atom stereocenters. The first-order valence-electron chi connectivity index (χ1n) is 11.6. The number of ether oxygens (including phenoxy) is 1. The van der Waals surface area contributed by atoms with Crippen LogP contribution in [0.2, 0.25) is 0 Å². The van der Waals surface area contributed by atoms with Gasteiger partial charge in [-0.3, -0.25) is 9.59 Å². The first-order chi connectivity index (χ1) is 16.3. The lowest BCUT2D eigenvalue weighted by Gasteiger charge is -2.14. The fourth-order valence-electron chi connectivity index (χ4n) is 4.28. The Morgan fingerprint density at radius 2 is 1.91 bits per heavy atom. The summed E-state index contributed by atoms with van der Waals surface area (Å²) in [6.07, 6.45) is 3.93. The van der Waals surface area contributed by atoms with Gasteiger partial charge in [-0.1, -0.05) is 37.3 Å². The molecular formula is C27H31N3O4. The Morgan fingerprint density at radius 3 is 2.59 bits per heavy atom. The summed E-state index contributed by atoms with van der Waals surface area (Å²) in [5.41, 5.74) is 3.60. The Hall–Kier alpha value is -3.50. The molecule has 0 saturated carbocycles. The third kappa shape index (κ3) is 6.09. The fourth-order valence-corrected chi connectivity index (χ4v) is 4.28. The highest BCUT2D eigenvalue weighted by Crippen LogP contribution is 2.30. The highest BCUT2D eigenvalue weighted by atomic mass is 16.5. The van der Waals surface area contributed by atoms with Crippen molar-refractivity contribution in [2.45, 2.75) is 52.1 Å². The lowest BCUT2D eigenvalue weighted by Crippen LogP contribution is -2.12. The smallest absolute Gasteiger partial charge is 0.303 e. The van der Waals surface area contributed by atoms with Crippen LogP contribution in [0.3, 0.4) is 0 Å². The van der Waals surface area contributed by atoms with Crippen LogP contribution in [-0.2, 0) is 23.0 Å². The molecule has 0 bridgehead atoms. The lowest BCUT2D eigenvalue weighted by atomic mass is 9.94.